The third-order valence-corrected chi connectivity index (χ3v) is 5.25. The maximum Gasteiger partial charge on any atom is 0.333 e. The van der Waals surface area contributed by atoms with E-state index in [2.05, 4.69) is 5.32 Å². The van der Waals surface area contributed by atoms with Crippen LogP contribution in [0.4, 0.5) is 19.3 Å². The molecule has 0 saturated heterocycles. The highest BCUT2D eigenvalue weighted by Crippen LogP contribution is 2.30. The molecule has 2 aromatic carbocycles. The van der Waals surface area contributed by atoms with E-state index < -0.39 is 29.7 Å². The summed E-state index contributed by atoms with van der Waals surface area (Å²) in [5, 5.41) is 11.8. The van der Waals surface area contributed by atoms with E-state index in [0.29, 0.717) is 31.4 Å². The molecule has 2 amide bonds. The Morgan fingerprint density at radius 1 is 1.15 bits per heavy atom. The molecule has 178 valence electrons. The van der Waals surface area contributed by atoms with Gasteiger partial charge in [-0.25, -0.2) is 18.4 Å². The van der Waals surface area contributed by atoms with E-state index in [1.807, 2.05) is 0 Å². The fourth-order valence-electron chi connectivity index (χ4n) is 3.29. The molecule has 7 nitrogen and oxygen atoms in total. The van der Waals surface area contributed by atoms with Gasteiger partial charge in [-0.1, -0.05) is 12.1 Å². The first-order chi connectivity index (χ1) is 15.9. The predicted molar refractivity (Wildman–Crippen MR) is 118 cm³/mol. The summed E-state index contributed by atoms with van der Waals surface area (Å²) in [6, 6.07) is 9.87. The van der Waals surface area contributed by atoms with Gasteiger partial charge in [0.2, 0.25) is 0 Å². The third-order valence-electron chi connectivity index (χ3n) is 5.25. The molecule has 1 saturated carbocycles. The highest BCUT2D eigenvalue weighted by atomic mass is 19.2. The van der Waals surface area contributed by atoms with Crippen LogP contribution in [-0.4, -0.2) is 54.4 Å². The maximum absolute atomic E-state index is 13.4. The summed E-state index contributed by atoms with van der Waals surface area (Å²) in [7, 11) is 0. The van der Waals surface area contributed by atoms with Crippen LogP contribution in [0.5, 0.6) is 5.75 Å². The lowest BCUT2D eigenvalue weighted by Crippen LogP contribution is -2.39. The van der Waals surface area contributed by atoms with Crippen molar-refractivity contribution in [1.82, 2.24) is 4.90 Å². The van der Waals surface area contributed by atoms with E-state index in [-0.39, 0.29) is 18.7 Å². The van der Waals surface area contributed by atoms with Gasteiger partial charge in [0.05, 0.1) is 6.54 Å². The van der Waals surface area contributed by atoms with Gasteiger partial charge < -0.3 is 24.8 Å². The second-order valence-corrected chi connectivity index (χ2v) is 7.93. The molecular weight excluding hydrogens is 434 g/mol. The topological polar surface area (TPSA) is 88.1 Å². The SMILES string of the molecule is CCOC(Cc1ccc(OCCN(CC2CC2)C(=O)Nc2ccc(F)c(F)c2)cc1)C(=O)O. The zero-order chi connectivity index (χ0) is 23.8. The summed E-state index contributed by atoms with van der Waals surface area (Å²) in [5.74, 6) is -1.97. The van der Waals surface area contributed by atoms with Crippen molar-refractivity contribution in [3.8, 4) is 5.75 Å². The lowest BCUT2D eigenvalue weighted by Gasteiger charge is -2.23. The van der Waals surface area contributed by atoms with Gasteiger partial charge in [0, 0.05) is 31.3 Å². The highest BCUT2D eigenvalue weighted by molar-refractivity contribution is 5.89. The summed E-state index contributed by atoms with van der Waals surface area (Å²) < 4.78 is 37.5. The van der Waals surface area contributed by atoms with Crippen molar-refractivity contribution in [3.63, 3.8) is 0 Å². The number of rotatable bonds is 12. The summed E-state index contributed by atoms with van der Waals surface area (Å²) in [5.41, 5.74) is 0.993. The lowest BCUT2D eigenvalue weighted by atomic mass is 10.1. The fraction of sp³-hybridized carbons (Fsp3) is 0.417. The van der Waals surface area contributed by atoms with Crippen molar-refractivity contribution < 1.29 is 33.0 Å². The van der Waals surface area contributed by atoms with Crippen LogP contribution in [-0.2, 0) is 16.0 Å². The van der Waals surface area contributed by atoms with E-state index in [0.717, 1.165) is 30.5 Å². The number of hydrogen-bond acceptors (Lipinski definition) is 4. The monoisotopic (exact) mass is 462 g/mol. The van der Waals surface area contributed by atoms with Crippen molar-refractivity contribution in [1.29, 1.82) is 0 Å². The molecule has 1 atom stereocenters. The number of carbonyl (C=O) groups is 2. The Bertz CT molecular complexity index is 950. The third kappa shape index (κ3) is 7.71. The molecule has 0 bridgehead atoms. The van der Waals surface area contributed by atoms with Gasteiger partial charge in [-0.05, 0) is 55.5 Å². The number of nitrogens with one attached hydrogen (secondary N) is 1. The first-order valence-electron chi connectivity index (χ1n) is 10.9. The molecule has 3 rings (SSSR count). The minimum absolute atomic E-state index is 0.183. The van der Waals surface area contributed by atoms with Gasteiger partial charge in [0.15, 0.2) is 17.7 Å². The van der Waals surface area contributed by atoms with Gasteiger partial charge in [-0.3, -0.25) is 0 Å². The summed E-state index contributed by atoms with van der Waals surface area (Å²) in [4.78, 5) is 25.5. The molecule has 1 aliphatic carbocycles. The van der Waals surface area contributed by atoms with Gasteiger partial charge in [-0.15, -0.1) is 0 Å². The Labute approximate surface area is 191 Å². The van der Waals surface area contributed by atoms with Gasteiger partial charge >= 0.3 is 12.0 Å². The largest absolute Gasteiger partial charge is 0.492 e. The summed E-state index contributed by atoms with van der Waals surface area (Å²) in [6.07, 6.45) is 1.46. The Kier molecular flexibility index (Phi) is 8.59. The van der Waals surface area contributed by atoms with Crippen LogP contribution in [0.15, 0.2) is 42.5 Å². The zero-order valence-electron chi connectivity index (χ0n) is 18.4. The Morgan fingerprint density at radius 3 is 2.48 bits per heavy atom. The molecule has 2 aromatic rings. The van der Waals surface area contributed by atoms with Crippen molar-refractivity contribution in [2.75, 3.05) is 31.6 Å². The van der Waals surface area contributed by atoms with Crippen molar-refractivity contribution in [3.05, 3.63) is 59.7 Å². The van der Waals surface area contributed by atoms with Crippen LogP contribution in [0.3, 0.4) is 0 Å². The van der Waals surface area contributed by atoms with Gasteiger partial charge in [0.1, 0.15) is 12.4 Å². The molecule has 33 heavy (non-hydrogen) atoms. The number of carbonyl (C=O) groups excluding carboxylic acids is 1. The number of halogens is 2. The Hall–Kier alpha value is -3.20. The summed E-state index contributed by atoms with van der Waals surface area (Å²) in [6.45, 7) is 3.19. The molecule has 0 aliphatic heterocycles. The molecule has 0 spiro atoms. The number of carboxylic acid groups (broad SMARTS) is 1. The highest BCUT2D eigenvalue weighted by Gasteiger charge is 2.27. The second kappa shape index (κ2) is 11.6. The quantitative estimate of drug-likeness (QED) is 0.491. The molecule has 0 heterocycles. The molecule has 2 N–H and O–H groups in total. The van der Waals surface area contributed by atoms with Gasteiger partial charge in [0.25, 0.3) is 0 Å². The molecule has 9 heteroatoms. The maximum atomic E-state index is 13.4. The molecule has 0 aromatic heterocycles. The van der Waals surface area contributed by atoms with Crippen LogP contribution >= 0.6 is 0 Å². The molecular formula is C24H28F2N2O5. The standard InChI is InChI=1S/C24H28F2N2O5/c1-2-32-22(23(29)30)13-16-5-8-19(9-6-16)33-12-11-28(15-17-3-4-17)24(31)27-18-7-10-20(25)21(26)14-18/h5-10,14,17,22H,2-4,11-13,15H2,1H3,(H,27,31)(H,29,30). The van der Waals surface area contributed by atoms with Crippen LogP contribution in [0.25, 0.3) is 0 Å². The minimum atomic E-state index is -1.02. The summed E-state index contributed by atoms with van der Waals surface area (Å²) >= 11 is 0. The number of carboxylic acids is 1. The molecule has 1 aliphatic rings. The second-order valence-electron chi connectivity index (χ2n) is 7.93. The van der Waals surface area contributed by atoms with Crippen molar-refractivity contribution in [2.45, 2.75) is 32.3 Å². The van der Waals surface area contributed by atoms with Crippen LogP contribution in [0.2, 0.25) is 0 Å². The van der Waals surface area contributed by atoms with E-state index in [9.17, 15) is 23.5 Å². The molecule has 1 fully saturated rings. The van der Waals surface area contributed by atoms with E-state index >= 15 is 0 Å². The number of urea groups is 1. The number of aliphatic carboxylic acids is 1. The Morgan fingerprint density at radius 2 is 1.88 bits per heavy atom. The smallest absolute Gasteiger partial charge is 0.333 e. The fourth-order valence-corrected chi connectivity index (χ4v) is 3.29. The van der Waals surface area contributed by atoms with Crippen LogP contribution < -0.4 is 10.1 Å². The average Bonchev–Trinajstić information content (AvgIpc) is 3.60. The Balaban J connectivity index is 1.51. The average molecular weight is 462 g/mol. The minimum Gasteiger partial charge on any atom is -0.492 e. The van der Waals surface area contributed by atoms with E-state index in [4.69, 9.17) is 9.47 Å². The van der Waals surface area contributed by atoms with Crippen molar-refractivity contribution >= 4 is 17.7 Å². The number of benzene rings is 2. The van der Waals surface area contributed by atoms with E-state index in [1.165, 1.54) is 6.07 Å². The number of amides is 2. The number of ether oxygens (including phenoxy) is 2. The number of anilines is 1. The van der Waals surface area contributed by atoms with Crippen LogP contribution in [0.1, 0.15) is 25.3 Å². The first kappa shape index (κ1) is 24.4. The number of hydrogen-bond donors (Lipinski definition) is 2. The van der Waals surface area contributed by atoms with Crippen LogP contribution in [0, 0.1) is 17.6 Å². The molecule has 1 unspecified atom stereocenters. The lowest BCUT2D eigenvalue weighted by molar-refractivity contribution is -0.149. The normalized spacial score (nSPS) is 13.9. The predicted octanol–water partition coefficient (Wildman–Crippen LogP) is 4.32. The van der Waals surface area contributed by atoms with E-state index in [1.54, 1.807) is 36.1 Å². The number of nitrogens with zero attached hydrogens (tertiary/aromatic N) is 1. The van der Waals surface area contributed by atoms with Gasteiger partial charge in [-0.2, -0.15) is 0 Å². The van der Waals surface area contributed by atoms with Crippen molar-refractivity contribution in [2.24, 2.45) is 5.92 Å². The zero-order valence-corrected chi connectivity index (χ0v) is 18.4. The molecule has 0 radical (unpaired) electrons. The first-order valence-corrected chi connectivity index (χ1v) is 10.9.